The molecule has 4 aromatic carbocycles. The molecule has 0 bridgehead atoms. The Balaban J connectivity index is 1.50. The summed E-state index contributed by atoms with van der Waals surface area (Å²) in [6.45, 7) is -0.816. The lowest BCUT2D eigenvalue weighted by Gasteiger charge is -2.26. The van der Waals surface area contributed by atoms with Crippen LogP contribution in [-0.4, -0.2) is 104 Å². The van der Waals surface area contributed by atoms with Crippen LogP contribution in [0.25, 0.3) is 11.3 Å². The van der Waals surface area contributed by atoms with E-state index < -0.39 is 48.1 Å². The number of carboxylic acid groups (broad SMARTS) is 1. The number of aliphatic hydroxyl groups excluding tert-OH is 1. The van der Waals surface area contributed by atoms with E-state index in [2.05, 4.69) is 14.9 Å². The summed E-state index contributed by atoms with van der Waals surface area (Å²) in [4.78, 5) is 12.7. The number of nitrogens with one attached hydrogen (secondary N) is 1. The molecule has 1 amide bonds. The van der Waals surface area contributed by atoms with E-state index in [-0.39, 0.29) is 44.0 Å². The highest BCUT2D eigenvalue weighted by molar-refractivity contribution is 14.1. The first-order chi connectivity index (χ1) is 26.7. The maximum absolute atomic E-state index is 15.4. The highest BCUT2D eigenvalue weighted by atomic mass is 127. The maximum atomic E-state index is 15.4. The van der Waals surface area contributed by atoms with Crippen molar-refractivity contribution < 1.29 is 46.1 Å². The smallest absolute Gasteiger partial charge is 0.407 e. The predicted octanol–water partition coefficient (Wildman–Crippen LogP) is 4.02. The lowest BCUT2D eigenvalue weighted by Crippen LogP contribution is -2.43. The molecule has 6 rings (SSSR count). The number of hydrogen-bond acceptors (Lipinski definition) is 11. The summed E-state index contributed by atoms with van der Waals surface area (Å²) in [5.74, 6) is 1.78. The van der Waals surface area contributed by atoms with Crippen molar-refractivity contribution >= 4 is 48.7 Å². The number of ether oxygens (including phenoxy) is 3. The second-order valence-corrected chi connectivity index (χ2v) is 17.5. The number of benzene rings is 4. The zero-order valence-electron chi connectivity index (χ0n) is 30.4. The summed E-state index contributed by atoms with van der Waals surface area (Å²) in [6, 6.07) is 22.2. The molecule has 0 aliphatic carbocycles. The van der Waals surface area contributed by atoms with Crippen molar-refractivity contribution in [3.05, 3.63) is 111 Å². The first kappa shape index (κ1) is 40.9. The van der Waals surface area contributed by atoms with Crippen LogP contribution in [-0.2, 0) is 39.7 Å². The molecule has 0 radical (unpaired) electrons. The highest BCUT2D eigenvalue weighted by Gasteiger charge is 2.41. The van der Waals surface area contributed by atoms with Crippen LogP contribution in [0.4, 0.5) is 4.79 Å². The molecule has 1 fully saturated rings. The second kappa shape index (κ2) is 17.1. The Morgan fingerprint density at radius 2 is 1.34 bits per heavy atom. The number of aliphatic hydroxyl groups is 1. The molecule has 16 nitrogen and oxygen atoms in total. The summed E-state index contributed by atoms with van der Waals surface area (Å²) in [5.41, 5.74) is 2.08. The Labute approximate surface area is 337 Å². The average Bonchev–Trinajstić information content (AvgIpc) is 3.80. The van der Waals surface area contributed by atoms with E-state index in [1.807, 2.05) is 34.7 Å². The summed E-state index contributed by atoms with van der Waals surface area (Å²) < 4.78 is 79.3. The number of rotatable bonds is 15. The van der Waals surface area contributed by atoms with Crippen molar-refractivity contribution in [3.8, 4) is 28.5 Å². The third-order valence-electron chi connectivity index (χ3n) is 9.14. The number of methoxy groups -OCH3 is 3. The van der Waals surface area contributed by atoms with Crippen LogP contribution in [0.2, 0.25) is 0 Å². The molecule has 19 heteroatoms. The van der Waals surface area contributed by atoms with Gasteiger partial charge < -0.3 is 29.3 Å². The van der Waals surface area contributed by atoms with Gasteiger partial charge in [-0.3, -0.25) is 0 Å². The number of likely N-dealkylation sites (tertiary alicyclic amines) is 1. The van der Waals surface area contributed by atoms with Gasteiger partial charge in [0.15, 0.2) is 0 Å². The molecule has 5 aromatic rings. The van der Waals surface area contributed by atoms with Gasteiger partial charge in [-0.05, 0) is 87.8 Å². The molecular formula is C37H39IN6O10S2. The number of sulfonamides is 2. The van der Waals surface area contributed by atoms with Crippen molar-refractivity contribution in [1.29, 1.82) is 0 Å². The van der Waals surface area contributed by atoms with Gasteiger partial charge in [-0.2, -0.15) is 19.3 Å². The number of β-amino-alcohol motifs (C(OH)–C–C–N with tert-alkyl or cyclic N) is 1. The fourth-order valence-corrected chi connectivity index (χ4v) is 10.8. The van der Waals surface area contributed by atoms with E-state index in [1.165, 1.54) is 41.7 Å². The Morgan fingerprint density at radius 3 is 1.82 bits per heavy atom. The molecule has 1 aliphatic rings. The topological polar surface area (TPSA) is 203 Å². The van der Waals surface area contributed by atoms with Crippen molar-refractivity contribution in [2.75, 3.05) is 34.4 Å². The van der Waals surface area contributed by atoms with Crippen molar-refractivity contribution in [3.63, 3.8) is 0 Å². The number of nitrogens with zero attached hydrogens (tertiary/aromatic N) is 5. The minimum atomic E-state index is -4.78. The van der Waals surface area contributed by atoms with Gasteiger partial charge in [-0.15, -0.1) is 0 Å². The highest BCUT2D eigenvalue weighted by Crippen LogP contribution is 2.39. The van der Waals surface area contributed by atoms with Gasteiger partial charge in [-0.25, -0.2) is 26.4 Å². The number of halogens is 1. The standard InChI is InChI=1S/C37H39IN6O10S2/c1-52-27-10-4-24(5-11-27)19-43(20-25-6-12-28(53-2)13-7-25)56(50,51)36-34(55(48,49)41-32-22-42(37(46)47)23-33(32)45)17-16-30(38)35(36)31-18-39-44(40-31)21-26-8-14-29(54-3)15-9-26/h4-18,32-33,41,45H,19-23H2,1-3H3,(H,46,47)/t32-,33+/m1/s1. The minimum Gasteiger partial charge on any atom is -0.497 e. The van der Waals surface area contributed by atoms with Crippen molar-refractivity contribution in [2.24, 2.45) is 0 Å². The summed E-state index contributed by atoms with van der Waals surface area (Å²) >= 11 is 1.94. The number of carbonyl (C=O) groups is 1. The molecule has 0 saturated carbocycles. The van der Waals surface area contributed by atoms with Gasteiger partial charge >= 0.3 is 6.09 Å². The van der Waals surface area contributed by atoms with E-state index >= 15 is 8.42 Å². The third-order valence-corrected chi connectivity index (χ3v) is 13.6. The van der Waals surface area contributed by atoms with Crippen LogP contribution in [0, 0.1) is 3.57 Å². The Morgan fingerprint density at radius 1 is 0.821 bits per heavy atom. The third kappa shape index (κ3) is 9.08. The number of hydrogen-bond donors (Lipinski definition) is 3. The van der Waals surface area contributed by atoms with E-state index in [9.17, 15) is 23.4 Å². The van der Waals surface area contributed by atoms with Crippen LogP contribution in [0.5, 0.6) is 17.2 Å². The van der Waals surface area contributed by atoms with E-state index in [0.29, 0.717) is 31.9 Å². The molecule has 2 heterocycles. The fraction of sp³-hybridized carbons (Fsp3) is 0.270. The molecule has 1 aromatic heterocycles. The summed E-state index contributed by atoms with van der Waals surface area (Å²) in [7, 11) is -4.97. The van der Waals surface area contributed by atoms with Gasteiger partial charge in [0, 0.05) is 28.8 Å². The lowest BCUT2D eigenvalue weighted by molar-refractivity contribution is 0.138. The van der Waals surface area contributed by atoms with Crippen LogP contribution >= 0.6 is 22.6 Å². The monoisotopic (exact) mass is 918 g/mol. The predicted molar refractivity (Wildman–Crippen MR) is 212 cm³/mol. The maximum Gasteiger partial charge on any atom is 0.407 e. The molecule has 0 spiro atoms. The average molecular weight is 919 g/mol. The molecule has 1 saturated heterocycles. The van der Waals surface area contributed by atoms with E-state index in [0.717, 1.165) is 10.5 Å². The number of aromatic nitrogens is 3. The van der Waals surface area contributed by atoms with Crippen LogP contribution in [0.15, 0.2) is 101 Å². The summed E-state index contributed by atoms with van der Waals surface area (Å²) in [5, 5.41) is 29.2. The molecule has 3 N–H and O–H groups in total. The molecular weight excluding hydrogens is 879 g/mol. The van der Waals surface area contributed by atoms with Gasteiger partial charge in [0.25, 0.3) is 0 Å². The lowest BCUT2D eigenvalue weighted by atomic mass is 10.2. The van der Waals surface area contributed by atoms with Crippen LogP contribution < -0.4 is 18.9 Å². The Hall–Kier alpha value is -4.80. The first-order valence-corrected chi connectivity index (χ1v) is 21.0. The minimum absolute atomic E-state index is 0.0111. The molecule has 1 aliphatic heterocycles. The van der Waals surface area contributed by atoms with Gasteiger partial charge in [-0.1, -0.05) is 36.4 Å². The van der Waals surface area contributed by atoms with Crippen molar-refractivity contribution in [2.45, 2.75) is 41.6 Å². The molecule has 56 heavy (non-hydrogen) atoms. The van der Waals surface area contributed by atoms with E-state index in [1.54, 1.807) is 67.8 Å². The Kier molecular flexibility index (Phi) is 12.5. The van der Waals surface area contributed by atoms with E-state index in [4.69, 9.17) is 14.2 Å². The van der Waals surface area contributed by atoms with Gasteiger partial charge in [0.2, 0.25) is 20.0 Å². The zero-order valence-corrected chi connectivity index (χ0v) is 34.2. The van der Waals surface area contributed by atoms with Crippen LogP contribution in [0.1, 0.15) is 16.7 Å². The fourth-order valence-electron chi connectivity index (χ4n) is 6.17. The Bertz CT molecular complexity index is 2350. The first-order valence-electron chi connectivity index (χ1n) is 17.0. The second-order valence-electron chi connectivity index (χ2n) is 12.8. The largest absolute Gasteiger partial charge is 0.497 e. The normalized spacial score (nSPS) is 15.9. The quantitative estimate of drug-likeness (QED) is 0.128. The number of amides is 1. The molecule has 296 valence electrons. The van der Waals surface area contributed by atoms with Crippen molar-refractivity contribution in [1.82, 2.24) is 28.9 Å². The van der Waals surface area contributed by atoms with Crippen LogP contribution in [0.3, 0.4) is 0 Å². The summed E-state index contributed by atoms with van der Waals surface area (Å²) in [6.07, 6.45) is -1.35. The van der Waals surface area contributed by atoms with Gasteiger partial charge in [0.05, 0.1) is 52.8 Å². The SMILES string of the molecule is COc1ccc(CN(Cc2ccc(OC)cc2)S(=O)(=O)c2c(S(=O)(=O)N[C@@H]3CN(C(=O)O)C[C@@H]3O)ccc(I)c2-c2cnn(Cc3ccc(OC)cc3)n2)cc1. The molecule has 2 atom stereocenters. The molecule has 0 unspecified atom stereocenters. The van der Waals surface area contributed by atoms with Gasteiger partial charge in [0.1, 0.15) is 32.7 Å². The zero-order chi connectivity index (χ0) is 40.2.